The van der Waals surface area contributed by atoms with E-state index in [1.54, 1.807) is 0 Å². The van der Waals surface area contributed by atoms with Crippen molar-refractivity contribution in [2.24, 2.45) is 0 Å². The van der Waals surface area contributed by atoms with Gasteiger partial charge in [-0.05, 0) is 56.4 Å². The monoisotopic (exact) mass is 228 g/mol. The molecule has 1 heterocycles. The predicted molar refractivity (Wildman–Crippen MR) is 71.4 cm³/mol. The van der Waals surface area contributed by atoms with Crippen molar-refractivity contribution in [1.82, 2.24) is 0 Å². The molecule has 2 rings (SSSR count). The van der Waals surface area contributed by atoms with Crippen molar-refractivity contribution in [3.63, 3.8) is 0 Å². The van der Waals surface area contributed by atoms with Gasteiger partial charge in [0.1, 0.15) is 0 Å². The molecule has 0 aliphatic carbocycles. The average molecular weight is 228 g/mol. The van der Waals surface area contributed by atoms with Gasteiger partial charge in [-0.2, -0.15) is 5.26 Å². The molecule has 17 heavy (non-hydrogen) atoms. The topological polar surface area (TPSA) is 27.0 Å². The quantitative estimate of drug-likeness (QED) is 0.678. The molecule has 0 spiro atoms. The largest absolute Gasteiger partial charge is 0.369 e. The number of rotatable bonds is 0. The molecule has 0 unspecified atom stereocenters. The van der Waals surface area contributed by atoms with Crippen LogP contribution in [0.3, 0.4) is 0 Å². The smallest absolute Gasteiger partial charge is 0.0994 e. The zero-order valence-corrected chi connectivity index (χ0v) is 11.3. The lowest BCUT2D eigenvalue weighted by molar-refractivity contribution is 0.395. The summed E-state index contributed by atoms with van der Waals surface area (Å²) in [5, 5.41) is 9.11. The van der Waals surface area contributed by atoms with Gasteiger partial charge in [0, 0.05) is 18.3 Å². The molecule has 0 N–H and O–H groups in total. The third kappa shape index (κ3) is 1.80. The van der Waals surface area contributed by atoms with Gasteiger partial charge in [-0.25, -0.2) is 0 Å². The van der Waals surface area contributed by atoms with Gasteiger partial charge in [0.2, 0.25) is 0 Å². The van der Waals surface area contributed by atoms with Crippen molar-refractivity contribution in [3.05, 3.63) is 28.8 Å². The van der Waals surface area contributed by atoms with Gasteiger partial charge >= 0.3 is 0 Å². The maximum atomic E-state index is 9.11. The molecular weight excluding hydrogens is 208 g/mol. The number of nitriles is 1. The van der Waals surface area contributed by atoms with Crippen molar-refractivity contribution < 1.29 is 0 Å². The minimum atomic E-state index is 0.188. The number of nitrogens with zero attached hydrogens (tertiary/aromatic N) is 2. The van der Waals surface area contributed by atoms with Crippen LogP contribution < -0.4 is 4.90 Å². The molecule has 0 saturated heterocycles. The molecule has 2 heteroatoms. The van der Waals surface area contributed by atoms with E-state index >= 15 is 0 Å². The Morgan fingerprint density at radius 3 is 2.65 bits per heavy atom. The normalized spacial score (nSPS) is 21.9. The van der Waals surface area contributed by atoms with Gasteiger partial charge in [-0.1, -0.05) is 6.92 Å². The third-order valence-electron chi connectivity index (χ3n) is 4.10. The average Bonchev–Trinajstić information content (AvgIpc) is 2.25. The molecule has 1 atom stereocenters. The SMILES string of the molecule is Cc1cc2c(cc1C#N)[C@@H](C)CC(C)(C)N2C. The zero-order valence-electron chi connectivity index (χ0n) is 11.3. The molecule has 0 fully saturated rings. The van der Waals surface area contributed by atoms with Crippen LogP contribution in [-0.4, -0.2) is 12.6 Å². The lowest BCUT2D eigenvalue weighted by Crippen LogP contribution is -2.45. The molecule has 0 radical (unpaired) electrons. The van der Waals surface area contributed by atoms with Crippen molar-refractivity contribution in [3.8, 4) is 6.07 Å². The summed E-state index contributed by atoms with van der Waals surface area (Å²) in [4.78, 5) is 2.34. The van der Waals surface area contributed by atoms with Gasteiger partial charge < -0.3 is 4.90 Å². The van der Waals surface area contributed by atoms with E-state index < -0.39 is 0 Å². The van der Waals surface area contributed by atoms with E-state index in [1.165, 1.54) is 11.3 Å². The maximum absolute atomic E-state index is 9.11. The second-order valence-corrected chi connectivity index (χ2v) is 5.81. The fraction of sp³-hybridized carbons (Fsp3) is 0.533. The maximum Gasteiger partial charge on any atom is 0.0994 e. The van der Waals surface area contributed by atoms with E-state index in [9.17, 15) is 0 Å². The van der Waals surface area contributed by atoms with Crippen molar-refractivity contribution in [2.45, 2.75) is 45.6 Å². The van der Waals surface area contributed by atoms with E-state index in [0.29, 0.717) is 5.92 Å². The summed E-state index contributed by atoms with van der Waals surface area (Å²) in [6.07, 6.45) is 1.13. The van der Waals surface area contributed by atoms with Gasteiger partial charge in [0.15, 0.2) is 0 Å². The van der Waals surface area contributed by atoms with Crippen LogP contribution in [0.4, 0.5) is 5.69 Å². The first-order valence-corrected chi connectivity index (χ1v) is 6.15. The minimum absolute atomic E-state index is 0.188. The second-order valence-electron chi connectivity index (χ2n) is 5.81. The Morgan fingerprint density at radius 2 is 2.06 bits per heavy atom. The van der Waals surface area contributed by atoms with E-state index in [1.807, 2.05) is 6.92 Å². The summed E-state index contributed by atoms with van der Waals surface area (Å²) in [5.41, 5.74) is 4.67. The highest BCUT2D eigenvalue weighted by Crippen LogP contribution is 2.43. The molecule has 0 aromatic heterocycles. The highest BCUT2D eigenvalue weighted by atomic mass is 15.2. The number of fused-ring (bicyclic) bond motifs is 1. The lowest BCUT2D eigenvalue weighted by atomic mass is 9.79. The number of benzene rings is 1. The van der Waals surface area contributed by atoms with E-state index in [-0.39, 0.29) is 5.54 Å². The molecule has 1 aliphatic heterocycles. The summed E-state index contributed by atoms with van der Waals surface area (Å²) in [6, 6.07) is 6.51. The Labute approximate surface area is 104 Å². The standard InChI is InChI=1S/C15H20N2/c1-10-6-14-13(7-12(10)9-16)11(2)8-15(3,4)17(14)5/h6-7,11H,8H2,1-5H3/t11-/m0/s1. The molecule has 0 amide bonds. The van der Waals surface area contributed by atoms with Crippen LogP contribution in [0.2, 0.25) is 0 Å². The van der Waals surface area contributed by atoms with Crippen molar-refractivity contribution in [1.29, 1.82) is 5.26 Å². The molecule has 90 valence electrons. The molecule has 1 aliphatic rings. The predicted octanol–water partition coefficient (Wildman–Crippen LogP) is 3.59. The van der Waals surface area contributed by atoms with Crippen LogP contribution in [0.15, 0.2) is 12.1 Å². The molecule has 2 nitrogen and oxygen atoms in total. The summed E-state index contributed by atoms with van der Waals surface area (Å²) in [6.45, 7) is 8.82. The van der Waals surface area contributed by atoms with Crippen LogP contribution in [0.1, 0.15) is 49.8 Å². The summed E-state index contributed by atoms with van der Waals surface area (Å²) in [5.74, 6) is 0.518. The van der Waals surface area contributed by atoms with Crippen LogP contribution >= 0.6 is 0 Å². The molecule has 1 aromatic carbocycles. The summed E-state index contributed by atoms with van der Waals surface area (Å²) >= 11 is 0. The van der Waals surface area contributed by atoms with Gasteiger partial charge in [-0.3, -0.25) is 0 Å². The molecule has 0 bridgehead atoms. The first-order valence-electron chi connectivity index (χ1n) is 6.15. The highest BCUT2D eigenvalue weighted by molar-refractivity contribution is 5.63. The minimum Gasteiger partial charge on any atom is -0.369 e. The summed E-state index contributed by atoms with van der Waals surface area (Å²) < 4.78 is 0. The lowest BCUT2D eigenvalue weighted by Gasteiger charge is -2.45. The first-order chi connectivity index (χ1) is 7.86. The van der Waals surface area contributed by atoms with Gasteiger partial charge in [-0.15, -0.1) is 0 Å². The van der Waals surface area contributed by atoms with Crippen molar-refractivity contribution in [2.75, 3.05) is 11.9 Å². The Hall–Kier alpha value is -1.49. The van der Waals surface area contributed by atoms with Crippen LogP contribution in [-0.2, 0) is 0 Å². The second kappa shape index (κ2) is 3.77. The Balaban J connectivity index is 2.63. The number of aryl methyl sites for hydroxylation is 1. The number of hydrogen-bond acceptors (Lipinski definition) is 2. The van der Waals surface area contributed by atoms with E-state index in [2.05, 4.69) is 50.9 Å². The highest BCUT2D eigenvalue weighted by Gasteiger charge is 2.34. The Kier molecular flexibility index (Phi) is 2.66. The Bertz CT molecular complexity index is 494. The Morgan fingerprint density at radius 1 is 1.41 bits per heavy atom. The van der Waals surface area contributed by atoms with Crippen LogP contribution in [0.25, 0.3) is 0 Å². The van der Waals surface area contributed by atoms with Crippen LogP contribution in [0.5, 0.6) is 0 Å². The number of anilines is 1. The van der Waals surface area contributed by atoms with E-state index in [4.69, 9.17) is 5.26 Å². The van der Waals surface area contributed by atoms with Crippen molar-refractivity contribution >= 4 is 5.69 Å². The fourth-order valence-corrected chi connectivity index (χ4v) is 2.84. The van der Waals surface area contributed by atoms with Crippen LogP contribution in [0, 0.1) is 18.3 Å². The summed E-state index contributed by atoms with van der Waals surface area (Å²) in [7, 11) is 2.15. The van der Waals surface area contributed by atoms with Gasteiger partial charge in [0.25, 0.3) is 0 Å². The first kappa shape index (κ1) is 12.0. The number of hydrogen-bond donors (Lipinski definition) is 0. The third-order valence-corrected chi connectivity index (χ3v) is 4.10. The molecule has 1 aromatic rings. The molecular formula is C15H20N2. The van der Waals surface area contributed by atoms with Gasteiger partial charge in [0.05, 0.1) is 11.6 Å². The fourth-order valence-electron chi connectivity index (χ4n) is 2.84. The zero-order chi connectivity index (χ0) is 12.8. The van der Waals surface area contributed by atoms with E-state index in [0.717, 1.165) is 17.5 Å². The molecule has 0 saturated carbocycles.